The van der Waals surface area contributed by atoms with Gasteiger partial charge in [-0.15, -0.1) is 0 Å². The zero-order valence-corrected chi connectivity index (χ0v) is 18.1. The molecule has 0 unspecified atom stereocenters. The van der Waals surface area contributed by atoms with E-state index in [4.69, 9.17) is 10.5 Å². The van der Waals surface area contributed by atoms with E-state index in [1.54, 1.807) is 24.3 Å². The summed E-state index contributed by atoms with van der Waals surface area (Å²) in [5.74, 6) is -1.44. The van der Waals surface area contributed by atoms with E-state index >= 15 is 0 Å². The molecule has 0 bridgehead atoms. The summed E-state index contributed by atoms with van der Waals surface area (Å²) in [6, 6.07) is 11.8. The smallest absolute Gasteiger partial charge is 0.339 e. The van der Waals surface area contributed by atoms with Crippen LogP contribution in [0.5, 0.6) is 0 Å². The topological polar surface area (TPSA) is 150 Å². The van der Waals surface area contributed by atoms with Crippen molar-refractivity contribution in [1.82, 2.24) is 14.5 Å². The number of aromatic amines is 1. The zero-order valence-electron chi connectivity index (χ0n) is 18.1. The normalized spacial score (nSPS) is 10.6. The first kappa shape index (κ1) is 23.4. The van der Waals surface area contributed by atoms with E-state index in [1.165, 1.54) is 37.1 Å². The summed E-state index contributed by atoms with van der Waals surface area (Å²) in [5.41, 5.74) is 5.39. The number of carbonyl (C=O) groups is 2. The molecule has 1 aromatic carbocycles. The number of nitrogens with one attached hydrogen (secondary N) is 1. The molecule has 0 spiro atoms. The molecule has 3 rings (SSSR count). The van der Waals surface area contributed by atoms with Crippen molar-refractivity contribution in [2.45, 2.75) is 6.54 Å². The van der Waals surface area contributed by atoms with Crippen LogP contribution in [-0.4, -0.2) is 53.8 Å². The maximum absolute atomic E-state index is 13.3. The Kier molecular flexibility index (Phi) is 7.36. The minimum absolute atomic E-state index is 0.0351. The highest BCUT2D eigenvalue weighted by molar-refractivity contribution is 6.06. The molecule has 0 fully saturated rings. The number of nitrogens with zero attached hydrogens (tertiary/aromatic N) is 3. The molecule has 0 saturated heterocycles. The molecular formula is C22H23N5O6. The molecule has 172 valence electrons. The van der Waals surface area contributed by atoms with Crippen LogP contribution in [0.4, 0.5) is 11.5 Å². The summed E-state index contributed by atoms with van der Waals surface area (Å²) in [5, 5.41) is 0. The third kappa shape index (κ3) is 5.15. The number of hydrogen-bond donors (Lipinski definition) is 2. The molecule has 0 aliphatic rings. The summed E-state index contributed by atoms with van der Waals surface area (Å²) >= 11 is 0. The number of ether oxygens (including phenoxy) is 2. The third-order valence-electron chi connectivity index (χ3n) is 4.84. The number of esters is 1. The lowest BCUT2D eigenvalue weighted by molar-refractivity contribution is 0.0599. The number of benzene rings is 1. The summed E-state index contributed by atoms with van der Waals surface area (Å²) in [7, 11) is 2.67. The van der Waals surface area contributed by atoms with Gasteiger partial charge in [0.15, 0.2) is 5.69 Å². The Morgan fingerprint density at radius 3 is 2.45 bits per heavy atom. The Morgan fingerprint density at radius 1 is 1.12 bits per heavy atom. The first-order valence-electron chi connectivity index (χ1n) is 9.89. The van der Waals surface area contributed by atoms with Gasteiger partial charge in [-0.2, -0.15) is 0 Å². The van der Waals surface area contributed by atoms with Crippen molar-refractivity contribution in [2.75, 3.05) is 38.0 Å². The molecule has 2 aromatic heterocycles. The summed E-state index contributed by atoms with van der Waals surface area (Å²) in [6.45, 7) is 0.142. The number of carbonyl (C=O) groups excluding carboxylic acids is 2. The van der Waals surface area contributed by atoms with Crippen molar-refractivity contribution < 1.29 is 19.1 Å². The van der Waals surface area contributed by atoms with Gasteiger partial charge in [-0.3, -0.25) is 29.0 Å². The van der Waals surface area contributed by atoms with E-state index < -0.39 is 23.1 Å². The number of nitrogens with two attached hydrogens (primary N) is 1. The van der Waals surface area contributed by atoms with Crippen LogP contribution < -0.4 is 21.9 Å². The van der Waals surface area contributed by atoms with Gasteiger partial charge >= 0.3 is 11.7 Å². The number of anilines is 2. The minimum atomic E-state index is -0.822. The Morgan fingerprint density at radius 2 is 1.85 bits per heavy atom. The van der Waals surface area contributed by atoms with Gasteiger partial charge in [0.05, 0.1) is 25.8 Å². The van der Waals surface area contributed by atoms with Crippen LogP contribution in [0.15, 0.2) is 58.3 Å². The Labute approximate surface area is 188 Å². The zero-order chi connectivity index (χ0) is 24.0. The molecule has 1 amide bonds. The van der Waals surface area contributed by atoms with Crippen LogP contribution >= 0.6 is 0 Å². The number of methoxy groups -OCH3 is 2. The lowest BCUT2D eigenvalue weighted by Gasteiger charge is -2.24. The van der Waals surface area contributed by atoms with E-state index in [1.807, 2.05) is 6.07 Å². The van der Waals surface area contributed by atoms with Gasteiger partial charge < -0.3 is 15.2 Å². The van der Waals surface area contributed by atoms with Gasteiger partial charge in [-0.25, -0.2) is 9.59 Å². The number of nitrogen functional groups attached to an aromatic ring is 1. The Bertz CT molecular complexity index is 1250. The van der Waals surface area contributed by atoms with E-state index in [-0.39, 0.29) is 42.5 Å². The van der Waals surface area contributed by atoms with Gasteiger partial charge in [0.2, 0.25) is 0 Å². The SMILES string of the molecule is COCCN(C(=O)c1ccc(C(=O)OC)cn1)c1c(N)n(Cc2ccccc2)c(=O)[nH]c1=O. The standard InChI is InChI=1S/C22H23N5O6/c1-32-11-10-26(20(29)16-9-8-15(12-24-16)21(30)33-2)17-18(23)27(22(31)25-19(17)28)13-14-6-4-3-5-7-14/h3-9,12H,10-11,13,23H2,1-2H3,(H,25,28,31). The number of H-pyrrole nitrogens is 1. The molecule has 0 radical (unpaired) electrons. The molecule has 33 heavy (non-hydrogen) atoms. The highest BCUT2D eigenvalue weighted by Gasteiger charge is 2.26. The van der Waals surface area contributed by atoms with E-state index in [0.29, 0.717) is 0 Å². The number of rotatable bonds is 8. The van der Waals surface area contributed by atoms with Crippen molar-refractivity contribution in [1.29, 1.82) is 0 Å². The van der Waals surface area contributed by atoms with Crippen LogP contribution in [0, 0.1) is 0 Å². The van der Waals surface area contributed by atoms with Crippen molar-refractivity contribution in [3.05, 3.63) is 86.3 Å². The largest absolute Gasteiger partial charge is 0.465 e. The second-order valence-electron chi connectivity index (χ2n) is 6.94. The van der Waals surface area contributed by atoms with Crippen LogP contribution in [0.25, 0.3) is 0 Å². The van der Waals surface area contributed by atoms with E-state index in [9.17, 15) is 19.2 Å². The summed E-state index contributed by atoms with van der Waals surface area (Å²) < 4.78 is 10.9. The molecule has 11 nitrogen and oxygen atoms in total. The maximum atomic E-state index is 13.3. The molecule has 0 saturated carbocycles. The molecule has 0 atom stereocenters. The molecule has 3 N–H and O–H groups in total. The quantitative estimate of drug-likeness (QED) is 0.472. The van der Waals surface area contributed by atoms with Gasteiger partial charge in [-0.1, -0.05) is 30.3 Å². The van der Waals surface area contributed by atoms with E-state index in [2.05, 4.69) is 14.7 Å². The lowest BCUT2D eigenvalue weighted by Crippen LogP contribution is -2.42. The number of amides is 1. The number of pyridine rings is 1. The van der Waals surface area contributed by atoms with Gasteiger partial charge in [-0.05, 0) is 17.7 Å². The third-order valence-corrected chi connectivity index (χ3v) is 4.84. The summed E-state index contributed by atoms with van der Waals surface area (Å²) in [6.07, 6.45) is 1.19. The second kappa shape index (κ2) is 10.4. The van der Waals surface area contributed by atoms with Crippen LogP contribution in [0.1, 0.15) is 26.4 Å². The van der Waals surface area contributed by atoms with Gasteiger partial charge in [0.1, 0.15) is 11.5 Å². The van der Waals surface area contributed by atoms with Crippen molar-refractivity contribution in [3.8, 4) is 0 Å². The highest BCUT2D eigenvalue weighted by atomic mass is 16.5. The molecular weight excluding hydrogens is 430 g/mol. The van der Waals surface area contributed by atoms with Crippen LogP contribution in [0.3, 0.4) is 0 Å². The maximum Gasteiger partial charge on any atom is 0.339 e. The van der Waals surface area contributed by atoms with Crippen LogP contribution in [0.2, 0.25) is 0 Å². The number of aromatic nitrogens is 3. The average molecular weight is 453 g/mol. The molecule has 0 aliphatic carbocycles. The Balaban J connectivity index is 2.05. The van der Waals surface area contributed by atoms with Crippen molar-refractivity contribution >= 4 is 23.4 Å². The van der Waals surface area contributed by atoms with Crippen molar-refractivity contribution in [3.63, 3.8) is 0 Å². The van der Waals surface area contributed by atoms with E-state index in [0.717, 1.165) is 10.5 Å². The monoisotopic (exact) mass is 453 g/mol. The predicted octanol–water partition coefficient (Wildman–Crippen LogP) is 0.642. The van der Waals surface area contributed by atoms with Gasteiger partial charge in [0.25, 0.3) is 11.5 Å². The predicted molar refractivity (Wildman–Crippen MR) is 120 cm³/mol. The molecule has 3 aromatic rings. The average Bonchev–Trinajstić information content (AvgIpc) is 2.83. The first-order chi connectivity index (χ1) is 15.9. The Hall–Kier alpha value is -4.25. The van der Waals surface area contributed by atoms with Crippen molar-refractivity contribution in [2.24, 2.45) is 0 Å². The van der Waals surface area contributed by atoms with Crippen LogP contribution in [-0.2, 0) is 16.0 Å². The lowest BCUT2D eigenvalue weighted by atomic mass is 10.2. The molecule has 2 heterocycles. The molecule has 0 aliphatic heterocycles. The second-order valence-corrected chi connectivity index (χ2v) is 6.94. The fourth-order valence-electron chi connectivity index (χ4n) is 3.16. The minimum Gasteiger partial charge on any atom is -0.465 e. The number of hydrogen-bond acceptors (Lipinski definition) is 8. The molecule has 11 heteroatoms. The van der Waals surface area contributed by atoms with Gasteiger partial charge in [0, 0.05) is 19.9 Å². The fraction of sp³-hybridized carbons (Fsp3) is 0.227. The highest BCUT2D eigenvalue weighted by Crippen LogP contribution is 2.20. The first-order valence-corrected chi connectivity index (χ1v) is 9.89. The fourth-order valence-corrected chi connectivity index (χ4v) is 3.16. The summed E-state index contributed by atoms with van der Waals surface area (Å²) in [4.78, 5) is 57.4.